The van der Waals surface area contributed by atoms with Gasteiger partial charge >= 0.3 is 0 Å². The molecule has 0 atom stereocenters. The van der Waals surface area contributed by atoms with Crippen LogP contribution in [-0.4, -0.2) is 32.5 Å². The lowest BCUT2D eigenvalue weighted by molar-refractivity contribution is -0.123. The van der Waals surface area contributed by atoms with Gasteiger partial charge < -0.3 is 10.6 Å². The number of fused-ring (bicyclic) bond motifs is 1. The number of hydrogen-bond donors (Lipinski definition) is 2. The van der Waals surface area contributed by atoms with Gasteiger partial charge in [0.1, 0.15) is 0 Å². The van der Waals surface area contributed by atoms with Gasteiger partial charge in [-0.2, -0.15) is 0 Å². The van der Waals surface area contributed by atoms with Crippen LogP contribution in [0.3, 0.4) is 0 Å². The summed E-state index contributed by atoms with van der Waals surface area (Å²) in [5.41, 5.74) is 4.89. The van der Waals surface area contributed by atoms with Gasteiger partial charge in [0.2, 0.25) is 11.8 Å². The van der Waals surface area contributed by atoms with Gasteiger partial charge in [-0.3, -0.25) is 9.59 Å². The van der Waals surface area contributed by atoms with Crippen molar-refractivity contribution < 1.29 is 18.0 Å². The zero-order chi connectivity index (χ0) is 21.0. The third-order valence-electron chi connectivity index (χ3n) is 5.22. The lowest BCUT2D eigenvalue weighted by Crippen LogP contribution is -2.34. The van der Waals surface area contributed by atoms with E-state index in [9.17, 15) is 18.0 Å². The molecule has 0 fully saturated rings. The molecule has 1 aliphatic carbocycles. The van der Waals surface area contributed by atoms with Crippen LogP contribution >= 0.6 is 0 Å². The summed E-state index contributed by atoms with van der Waals surface area (Å²) >= 11 is 0. The molecule has 0 spiro atoms. The van der Waals surface area contributed by atoms with Gasteiger partial charge in [-0.15, -0.1) is 0 Å². The number of hydrogen-bond acceptors (Lipinski definition) is 4. The predicted octanol–water partition coefficient (Wildman–Crippen LogP) is 2.71. The lowest BCUT2D eigenvalue weighted by atomic mass is 10.1. The molecule has 0 heterocycles. The average molecular weight is 415 g/mol. The first kappa shape index (κ1) is 21.0. The van der Waals surface area contributed by atoms with Gasteiger partial charge in [0.05, 0.1) is 17.2 Å². The molecule has 2 aromatic carbocycles. The third-order valence-corrected chi connectivity index (χ3v) is 6.93. The zero-order valence-electron chi connectivity index (χ0n) is 16.7. The van der Waals surface area contributed by atoms with E-state index >= 15 is 0 Å². The first-order valence-electron chi connectivity index (χ1n) is 9.73. The highest BCUT2D eigenvalue weighted by molar-refractivity contribution is 7.91. The molecule has 154 valence electrons. The van der Waals surface area contributed by atoms with Crippen LogP contribution in [-0.2, 0) is 32.3 Å². The van der Waals surface area contributed by atoms with Crippen LogP contribution in [0.5, 0.6) is 0 Å². The fourth-order valence-corrected chi connectivity index (χ4v) is 4.84. The molecule has 0 bridgehead atoms. The Labute approximate surface area is 171 Å². The quantitative estimate of drug-likeness (QED) is 0.729. The first-order valence-corrected chi connectivity index (χ1v) is 11.4. The van der Waals surface area contributed by atoms with Crippen LogP contribution in [0.4, 0.5) is 5.69 Å². The largest absolute Gasteiger partial charge is 0.347 e. The van der Waals surface area contributed by atoms with Crippen LogP contribution < -0.4 is 10.6 Å². The van der Waals surface area contributed by atoms with Crippen molar-refractivity contribution in [2.75, 3.05) is 17.6 Å². The van der Waals surface area contributed by atoms with Crippen molar-refractivity contribution in [1.29, 1.82) is 0 Å². The Balaban J connectivity index is 1.50. The second kappa shape index (κ2) is 8.78. The molecule has 0 radical (unpaired) electrons. The lowest BCUT2D eigenvalue weighted by Gasteiger charge is -2.12. The highest BCUT2D eigenvalue weighted by Gasteiger charge is 2.20. The van der Waals surface area contributed by atoms with Crippen LogP contribution in [0, 0.1) is 13.8 Å². The minimum absolute atomic E-state index is 0.184. The molecule has 6 nitrogen and oxygen atoms in total. The molecule has 0 saturated heterocycles. The van der Waals surface area contributed by atoms with Gasteiger partial charge in [0, 0.05) is 12.1 Å². The molecule has 2 N–H and O–H groups in total. The van der Waals surface area contributed by atoms with Crippen LogP contribution in [0.2, 0.25) is 0 Å². The standard InChI is InChI=1S/C22H26N2O4S/c1-15-5-3-6-16(2)22(15)24-21(26)14-23-20(25)11-12-29(27,28)19-10-9-17-7-4-8-18(17)13-19/h3,5-6,9-10,13H,4,7-8,11-12,14H2,1-2H3,(H,23,25)(H,24,26). The minimum atomic E-state index is -3.54. The Bertz CT molecular complexity index is 1020. The highest BCUT2D eigenvalue weighted by atomic mass is 32.2. The van der Waals surface area contributed by atoms with Crippen LogP contribution in [0.1, 0.15) is 35.1 Å². The molecule has 3 rings (SSSR count). The van der Waals surface area contributed by atoms with E-state index in [2.05, 4.69) is 10.6 Å². The second-order valence-electron chi connectivity index (χ2n) is 7.44. The maximum absolute atomic E-state index is 12.5. The molecule has 0 unspecified atom stereocenters. The van der Waals surface area contributed by atoms with Gasteiger partial charge in [-0.05, 0) is 67.5 Å². The summed E-state index contributed by atoms with van der Waals surface area (Å²) in [7, 11) is -3.54. The summed E-state index contributed by atoms with van der Waals surface area (Å²) in [6.07, 6.45) is 2.75. The van der Waals surface area contributed by atoms with Crippen molar-refractivity contribution in [3.05, 3.63) is 58.7 Å². The fourth-order valence-electron chi connectivity index (χ4n) is 3.55. The summed E-state index contributed by atoms with van der Waals surface area (Å²) in [5, 5.41) is 5.28. The van der Waals surface area contributed by atoms with E-state index in [0.29, 0.717) is 0 Å². The normalized spacial score (nSPS) is 13.0. The zero-order valence-corrected chi connectivity index (χ0v) is 17.6. The molecule has 2 amide bonds. The van der Waals surface area contributed by atoms with Crippen molar-refractivity contribution >= 4 is 27.3 Å². The number of sulfone groups is 1. The van der Waals surface area contributed by atoms with E-state index in [0.717, 1.165) is 41.6 Å². The number of carbonyl (C=O) groups excluding carboxylic acids is 2. The number of aryl methyl sites for hydroxylation is 4. The Morgan fingerprint density at radius 3 is 2.38 bits per heavy atom. The molecule has 7 heteroatoms. The number of anilines is 1. The summed E-state index contributed by atoms with van der Waals surface area (Å²) in [6.45, 7) is 3.58. The van der Waals surface area contributed by atoms with E-state index in [4.69, 9.17) is 0 Å². The van der Waals surface area contributed by atoms with E-state index in [1.54, 1.807) is 12.1 Å². The Morgan fingerprint density at radius 1 is 0.966 bits per heavy atom. The van der Waals surface area contributed by atoms with Gasteiger partial charge in [-0.1, -0.05) is 24.3 Å². The van der Waals surface area contributed by atoms with E-state index in [1.807, 2.05) is 38.1 Å². The van der Waals surface area contributed by atoms with E-state index < -0.39 is 15.7 Å². The first-order chi connectivity index (χ1) is 13.8. The maximum atomic E-state index is 12.5. The monoisotopic (exact) mass is 414 g/mol. The van der Waals surface area contributed by atoms with E-state index in [-0.39, 0.29) is 29.5 Å². The molecular formula is C22H26N2O4S. The molecule has 0 aliphatic heterocycles. The van der Waals surface area contributed by atoms with E-state index in [1.165, 1.54) is 5.56 Å². The summed E-state index contributed by atoms with van der Waals surface area (Å²) < 4.78 is 25.1. The van der Waals surface area contributed by atoms with Crippen molar-refractivity contribution in [3.63, 3.8) is 0 Å². The van der Waals surface area contributed by atoms with Gasteiger partial charge in [-0.25, -0.2) is 8.42 Å². The molecule has 2 aromatic rings. The number of amides is 2. The predicted molar refractivity (Wildman–Crippen MR) is 113 cm³/mol. The Morgan fingerprint density at radius 2 is 1.66 bits per heavy atom. The topological polar surface area (TPSA) is 92.3 Å². The molecule has 1 aliphatic rings. The SMILES string of the molecule is Cc1cccc(C)c1NC(=O)CNC(=O)CCS(=O)(=O)c1ccc2c(c1)CCC2. The van der Waals surface area contributed by atoms with Gasteiger partial charge in [0.15, 0.2) is 9.84 Å². The number of benzene rings is 2. The smallest absolute Gasteiger partial charge is 0.243 e. The molecular weight excluding hydrogens is 388 g/mol. The number of rotatable bonds is 7. The minimum Gasteiger partial charge on any atom is -0.347 e. The van der Waals surface area contributed by atoms with Crippen LogP contribution in [0.15, 0.2) is 41.3 Å². The molecule has 0 saturated carbocycles. The summed E-state index contributed by atoms with van der Waals surface area (Å²) in [6, 6.07) is 10.9. The molecule has 0 aromatic heterocycles. The maximum Gasteiger partial charge on any atom is 0.243 e. The van der Waals surface area contributed by atoms with Crippen molar-refractivity contribution in [2.45, 2.75) is 44.4 Å². The van der Waals surface area contributed by atoms with Crippen molar-refractivity contribution in [1.82, 2.24) is 5.32 Å². The summed E-state index contributed by atoms with van der Waals surface area (Å²) in [5.74, 6) is -1.10. The third kappa shape index (κ3) is 5.23. The Hall–Kier alpha value is -2.67. The van der Waals surface area contributed by atoms with Crippen molar-refractivity contribution in [2.24, 2.45) is 0 Å². The van der Waals surface area contributed by atoms with Crippen LogP contribution in [0.25, 0.3) is 0 Å². The Kier molecular flexibility index (Phi) is 6.37. The number of carbonyl (C=O) groups is 2. The second-order valence-corrected chi connectivity index (χ2v) is 9.55. The summed E-state index contributed by atoms with van der Waals surface area (Å²) in [4.78, 5) is 24.4. The highest BCUT2D eigenvalue weighted by Crippen LogP contribution is 2.25. The van der Waals surface area contributed by atoms with Crippen molar-refractivity contribution in [3.8, 4) is 0 Å². The fraction of sp³-hybridized carbons (Fsp3) is 0.364. The number of para-hydroxylation sites is 1. The van der Waals surface area contributed by atoms with Gasteiger partial charge in [0.25, 0.3) is 0 Å². The average Bonchev–Trinajstić information content (AvgIpc) is 3.15. The number of nitrogens with one attached hydrogen (secondary N) is 2. The molecule has 29 heavy (non-hydrogen) atoms.